The molecule has 19 heavy (non-hydrogen) atoms. The number of carbonyl (C=O) groups is 1. The SMILES string of the molecule is Cc1c(Br)cc(S(=O)(=O)N(C)C(C)C)cc1C(=O)O. The van der Waals surface area contributed by atoms with Crippen LogP contribution in [0, 0.1) is 6.92 Å². The molecule has 0 heterocycles. The Morgan fingerprint density at radius 3 is 2.32 bits per heavy atom. The predicted molar refractivity (Wildman–Crippen MR) is 75.9 cm³/mol. The number of hydrogen-bond acceptors (Lipinski definition) is 3. The smallest absolute Gasteiger partial charge is 0.336 e. The predicted octanol–water partition coefficient (Wildman–Crippen LogP) is 2.48. The van der Waals surface area contributed by atoms with Crippen LogP contribution in [0.15, 0.2) is 21.5 Å². The Morgan fingerprint density at radius 2 is 1.89 bits per heavy atom. The third-order valence-electron chi connectivity index (χ3n) is 2.95. The Bertz CT molecular complexity index is 610. The van der Waals surface area contributed by atoms with Crippen molar-refractivity contribution in [2.24, 2.45) is 0 Å². The van der Waals surface area contributed by atoms with Crippen LogP contribution in [0.2, 0.25) is 0 Å². The molecule has 0 unspecified atom stereocenters. The molecule has 0 aliphatic rings. The van der Waals surface area contributed by atoms with Gasteiger partial charge in [0.1, 0.15) is 0 Å². The van der Waals surface area contributed by atoms with E-state index in [1.54, 1.807) is 20.8 Å². The van der Waals surface area contributed by atoms with Crippen LogP contribution in [0.5, 0.6) is 0 Å². The van der Waals surface area contributed by atoms with Crippen molar-refractivity contribution in [2.75, 3.05) is 7.05 Å². The topological polar surface area (TPSA) is 74.7 Å². The van der Waals surface area contributed by atoms with Gasteiger partial charge >= 0.3 is 5.97 Å². The molecule has 5 nitrogen and oxygen atoms in total. The van der Waals surface area contributed by atoms with Gasteiger partial charge in [-0.25, -0.2) is 13.2 Å². The highest BCUT2D eigenvalue weighted by Crippen LogP contribution is 2.27. The van der Waals surface area contributed by atoms with Crippen molar-refractivity contribution in [1.82, 2.24) is 4.31 Å². The Kier molecular flexibility index (Phi) is 4.76. The first kappa shape index (κ1) is 16.1. The van der Waals surface area contributed by atoms with Gasteiger partial charge in [-0.1, -0.05) is 15.9 Å². The second-order valence-corrected chi connectivity index (χ2v) is 7.35. The van der Waals surface area contributed by atoms with E-state index >= 15 is 0 Å². The molecule has 7 heteroatoms. The van der Waals surface area contributed by atoms with Crippen molar-refractivity contribution in [3.8, 4) is 0 Å². The minimum absolute atomic E-state index is 0.0230. The van der Waals surface area contributed by atoms with Gasteiger partial charge in [0.05, 0.1) is 10.5 Å². The molecule has 0 saturated carbocycles. The van der Waals surface area contributed by atoms with Crippen LogP contribution in [0.25, 0.3) is 0 Å². The molecule has 1 aromatic rings. The summed E-state index contributed by atoms with van der Waals surface area (Å²) < 4.78 is 26.3. The number of benzene rings is 1. The van der Waals surface area contributed by atoms with Gasteiger partial charge in [-0.05, 0) is 38.5 Å². The summed E-state index contributed by atoms with van der Waals surface area (Å²) in [6, 6.07) is 2.41. The van der Waals surface area contributed by atoms with Crippen molar-refractivity contribution >= 4 is 31.9 Å². The first-order chi connectivity index (χ1) is 8.59. The molecule has 0 bridgehead atoms. The van der Waals surface area contributed by atoms with Gasteiger partial charge in [-0.15, -0.1) is 0 Å². The molecule has 0 atom stereocenters. The molecule has 1 rings (SSSR count). The van der Waals surface area contributed by atoms with Gasteiger partial charge in [0.15, 0.2) is 0 Å². The average Bonchev–Trinajstić information content (AvgIpc) is 2.30. The van der Waals surface area contributed by atoms with Crippen molar-refractivity contribution in [1.29, 1.82) is 0 Å². The second-order valence-electron chi connectivity index (χ2n) is 4.50. The van der Waals surface area contributed by atoms with Crippen LogP contribution in [0.3, 0.4) is 0 Å². The lowest BCUT2D eigenvalue weighted by molar-refractivity contribution is 0.0695. The molecule has 106 valence electrons. The minimum Gasteiger partial charge on any atom is -0.478 e. The fraction of sp³-hybridized carbons (Fsp3) is 0.417. The molecule has 0 aliphatic carbocycles. The van der Waals surface area contributed by atoms with E-state index in [-0.39, 0.29) is 16.5 Å². The van der Waals surface area contributed by atoms with Crippen LogP contribution in [-0.2, 0) is 10.0 Å². The van der Waals surface area contributed by atoms with Crippen molar-refractivity contribution in [3.05, 3.63) is 27.7 Å². The molecule has 0 aromatic heterocycles. The first-order valence-electron chi connectivity index (χ1n) is 5.60. The number of aromatic carboxylic acids is 1. The minimum atomic E-state index is -3.69. The Hall–Kier alpha value is -0.920. The van der Waals surface area contributed by atoms with Crippen LogP contribution < -0.4 is 0 Å². The number of halogens is 1. The zero-order valence-corrected chi connectivity index (χ0v) is 13.5. The van der Waals surface area contributed by atoms with Gasteiger partial charge < -0.3 is 5.11 Å². The van der Waals surface area contributed by atoms with E-state index in [2.05, 4.69) is 15.9 Å². The van der Waals surface area contributed by atoms with Crippen LogP contribution in [0.4, 0.5) is 0 Å². The van der Waals surface area contributed by atoms with Crippen LogP contribution >= 0.6 is 15.9 Å². The zero-order chi connectivity index (χ0) is 15.0. The van der Waals surface area contributed by atoms with Gasteiger partial charge in [-0.2, -0.15) is 4.31 Å². The highest BCUT2D eigenvalue weighted by Gasteiger charge is 2.25. The lowest BCUT2D eigenvalue weighted by Crippen LogP contribution is -2.33. The Balaban J connectivity index is 3.49. The highest BCUT2D eigenvalue weighted by molar-refractivity contribution is 9.10. The normalized spacial score (nSPS) is 12.2. The lowest BCUT2D eigenvalue weighted by Gasteiger charge is -2.21. The van der Waals surface area contributed by atoms with E-state index in [1.807, 2.05) is 0 Å². The fourth-order valence-corrected chi connectivity index (χ4v) is 3.50. The molecule has 0 radical (unpaired) electrons. The van der Waals surface area contributed by atoms with Crippen LogP contribution in [0.1, 0.15) is 29.8 Å². The summed E-state index contributed by atoms with van der Waals surface area (Å²) in [6.07, 6.45) is 0. The summed E-state index contributed by atoms with van der Waals surface area (Å²) in [5.74, 6) is -1.15. The van der Waals surface area contributed by atoms with E-state index in [1.165, 1.54) is 23.5 Å². The summed E-state index contributed by atoms with van der Waals surface area (Å²) in [4.78, 5) is 11.1. The van der Waals surface area contributed by atoms with Gasteiger partial charge in [0.25, 0.3) is 0 Å². The largest absolute Gasteiger partial charge is 0.478 e. The van der Waals surface area contributed by atoms with E-state index in [4.69, 9.17) is 5.11 Å². The molecule has 0 aliphatic heterocycles. The molecule has 0 amide bonds. The monoisotopic (exact) mass is 349 g/mol. The molecular formula is C12H16BrNO4S. The number of carboxylic acids is 1. The van der Waals surface area contributed by atoms with E-state index in [0.717, 1.165) is 0 Å². The maximum absolute atomic E-state index is 12.3. The standard InChI is InChI=1S/C12H16BrNO4S/c1-7(2)14(4)19(17,18)9-5-10(12(15)16)8(3)11(13)6-9/h5-7H,1-4H3,(H,15,16). The molecule has 1 aromatic carbocycles. The van der Waals surface area contributed by atoms with Gasteiger partial charge in [0, 0.05) is 17.6 Å². The number of carboxylic acid groups (broad SMARTS) is 1. The zero-order valence-electron chi connectivity index (χ0n) is 11.1. The fourth-order valence-electron chi connectivity index (χ4n) is 1.47. The summed E-state index contributed by atoms with van der Waals surface area (Å²) in [5.41, 5.74) is 0.476. The van der Waals surface area contributed by atoms with Crippen molar-refractivity contribution in [3.63, 3.8) is 0 Å². The number of hydrogen-bond donors (Lipinski definition) is 1. The maximum atomic E-state index is 12.3. The summed E-state index contributed by atoms with van der Waals surface area (Å²) in [7, 11) is -2.23. The van der Waals surface area contributed by atoms with Crippen molar-refractivity contribution in [2.45, 2.75) is 31.7 Å². The van der Waals surface area contributed by atoms with Gasteiger partial charge in [0.2, 0.25) is 10.0 Å². The molecule has 1 N–H and O–H groups in total. The van der Waals surface area contributed by atoms with E-state index in [0.29, 0.717) is 10.0 Å². The first-order valence-corrected chi connectivity index (χ1v) is 7.83. The number of nitrogens with zero attached hydrogens (tertiary/aromatic N) is 1. The molecular weight excluding hydrogens is 334 g/mol. The number of rotatable bonds is 4. The third-order valence-corrected chi connectivity index (χ3v) is 5.79. The quantitative estimate of drug-likeness (QED) is 0.905. The lowest BCUT2D eigenvalue weighted by atomic mass is 10.1. The molecule has 0 saturated heterocycles. The third kappa shape index (κ3) is 3.16. The van der Waals surface area contributed by atoms with Crippen molar-refractivity contribution < 1.29 is 18.3 Å². The maximum Gasteiger partial charge on any atom is 0.336 e. The molecule has 0 fully saturated rings. The van der Waals surface area contributed by atoms with E-state index in [9.17, 15) is 13.2 Å². The molecule has 0 spiro atoms. The summed E-state index contributed by atoms with van der Waals surface area (Å²) >= 11 is 3.20. The second kappa shape index (κ2) is 5.60. The van der Waals surface area contributed by atoms with Gasteiger partial charge in [-0.3, -0.25) is 0 Å². The number of sulfonamides is 1. The van der Waals surface area contributed by atoms with E-state index < -0.39 is 16.0 Å². The average molecular weight is 350 g/mol. The Morgan fingerprint density at radius 1 is 1.37 bits per heavy atom. The summed E-state index contributed by atoms with van der Waals surface area (Å²) in [6.45, 7) is 5.12. The Labute approximate surface area is 121 Å². The summed E-state index contributed by atoms with van der Waals surface area (Å²) in [5, 5.41) is 9.10. The van der Waals surface area contributed by atoms with Crippen LogP contribution in [-0.4, -0.2) is 36.9 Å². The highest BCUT2D eigenvalue weighted by atomic mass is 79.9.